The van der Waals surface area contributed by atoms with Crippen LogP contribution >= 0.6 is 11.8 Å². The minimum absolute atomic E-state index is 0.194. The van der Waals surface area contributed by atoms with Crippen molar-refractivity contribution in [3.63, 3.8) is 0 Å². The molecule has 1 unspecified atom stereocenters. The van der Waals surface area contributed by atoms with Gasteiger partial charge in [-0.05, 0) is 46.3 Å². The average molecular weight is 236 g/mol. The number of esters is 1. The summed E-state index contributed by atoms with van der Waals surface area (Å²) < 4.78 is 17.5. The van der Waals surface area contributed by atoms with Crippen LogP contribution in [0.5, 0.6) is 0 Å². The standard InChI is InChI=1S/C11H21FO2S/c1-9(12)6-5-7-15-8-10(13)14-11(2,3)4/h9H,5-8H2,1-4H3. The maximum Gasteiger partial charge on any atom is 0.316 e. The smallest absolute Gasteiger partial charge is 0.316 e. The van der Waals surface area contributed by atoms with Crippen LogP contribution in [-0.4, -0.2) is 29.2 Å². The topological polar surface area (TPSA) is 26.3 Å². The lowest BCUT2D eigenvalue weighted by Gasteiger charge is -2.19. The molecule has 0 bridgehead atoms. The first-order chi connectivity index (χ1) is 6.81. The van der Waals surface area contributed by atoms with Gasteiger partial charge in [0.15, 0.2) is 0 Å². The highest BCUT2D eigenvalue weighted by molar-refractivity contribution is 7.99. The van der Waals surface area contributed by atoms with E-state index in [0.717, 1.165) is 12.2 Å². The molecule has 0 aromatic heterocycles. The number of hydrogen-bond donors (Lipinski definition) is 0. The Labute approximate surface area is 96.0 Å². The van der Waals surface area contributed by atoms with Gasteiger partial charge in [0, 0.05) is 0 Å². The monoisotopic (exact) mass is 236 g/mol. The van der Waals surface area contributed by atoms with Crippen molar-refractivity contribution in [1.29, 1.82) is 0 Å². The maximum atomic E-state index is 12.4. The summed E-state index contributed by atoms with van der Waals surface area (Å²) in [6.45, 7) is 7.10. The van der Waals surface area contributed by atoms with Crippen molar-refractivity contribution < 1.29 is 13.9 Å². The number of alkyl halides is 1. The zero-order chi connectivity index (χ0) is 11.9. The summed E-state index contributed by atoms with van der Waals surface area (Å²) in [5.41, 5.74) is -0.412. The average Bonchev–Trinajstić information content (AvgIpc) is 1.99. The molecule has 0 amide bonds. The van der Waals surface area contributed by atoms with Crippen LogP contribution in [0.25, 0.3) is 0 Å². The van der Waals surface area contributed by atoms with E-state index in [1.807, 2.05) is 20.8 Å². The van der Waals surface area contributed by atoms with Crippen molar-refractivity contribution in [3.05, 3.63) is 0 Å². The van der Waals surface area contributed by atoms with E-state index in [9.17, 15) is 9.18 Å². The third-order valence-electron chi connectivity index (χ3n) is 1.53. The number of hydrogen-bond acceptors (Lipinski definition) is 3. The normalized spacial score (nSPS) is 13.7. The van der Waals surface area contributed by atoms with Crippen LogP contribution in [0, 0.1) is 0 Å². The molecule has 0 radical (unpaired) electrons. The Kier molecular flexibility index (Phi) is 6.98. The van der Waals surface area contributed by atoms with Gasteiger partial charge >= 0.3 is 5.97 Å². The van der Waals surface area contributed by atoms with Crippen LogP contribution in [-0.2, 0) is 9.53 Å². The van der Waals surface area contributed by atoms with E-state index in [0.29, 0.717) is 12.2 Å². The van der Waals surface area contributed by atoms with E-state index in [2.05, 4.69) is 0 Å². The second kappa shape index (κ2) is 7.09. The third kappa shape index (κ3) is 11.7. The Morgan fingerprint density at radius 3 is 2.53 bits per heavy atom. The first kappa shape index (κ1) is 14.8. The summed E-state index contributed by atoms with van der Waals surface area (Å²) in [5.74, 6) is 0.978. The van der Waals surface area contributed by atoms with E-state index in [-0.39, 0.29) is 5.97 Å². The lowest BCUT2D eigenvalue weighted by molar-refractivity contribution is -0.151. The Morgan fingerprint density at radius 2 is 2.07 bits per heavy atom. The zero-order valence-electron chi connectivity index (χ0n) is 10.0. The van der Waals surface area contributed by atoms with Gasteiger partial charge in [0.1, 0.15) is 5.60 Å². The molecule has 0 spiro atoms. The van der Waals surface area contributed by atoms with Gasteiger partial charge in [-0.2, -0.15) is 11.8 Å². The molecule has 90 valence electrons. The van der Waals surface area contributed by atoms with Gasteiger partial charge in [-0.3, -0.25) is 4.79 Å². The molecule has 0 heterocycles. The second-order valence-corrected chi connectivity index (χ2v) is 5.67. The minimum atomic E-state index is -0.743. The quantitative estimate of drug-likeness (QED) is 0.523. The first-order valence-corrected chi connectivity index (χ1v) is 6.40. The highest BCUT2D eigenvalue weighted by Crippen LogP contribution is 2.12. The number of carbonyl (C=O) groups is 1. The molecule has 0 rings (SSSR count). The molecule has 4 heteroatoms. The zero-order valence-corrected chi connectivity index (χ0v) is 10.8. The Morgan fingerprint density at radius 1 is 1.47 bits per heavy atom. The summed E-state index contributed by atoms with van der Waals surface area (Å²) in [6.07, 6.45) is 0.638. The van der Waals surface area contributed by atoms with Crippen molar-refractivity contribution in [2.75, 3.05) is 11.5 Å². The summed E-state index contributed by atoms with van der Waals surface area (Å²) in [4.78, 5) is 11.2. The molecule has 2 nitrogen and oxygen atoms in total. The van der Waals surface area contributed by atoms with E-state index in [4.69, 9.17) is 4.74 Å². The molecule has 0 aromatic rings. The van der Waals surface area contributed by atoms with Crippen LogP contribution in [0.3, 0.4) is 0 Å². The van der Waals surface area contributed by atoms with E-state index < -0.39 is 11.8 Å². The van der Waals surface area contributed by atoms with Crippen molar-refractivity contribution in [2.45, 2.75) is 52.3 Å². The van der Waals surface area contributed by atoms with Gasteiger partial charge in [-0.15, -0.1) is 0 Å². The SMILES string of the molecule is CC(F)CCCSCC(=O)OC(C)(C)C. The predicted molar refractivity (Wildman–Crippen MR) is 63.0 cm³/mol. The molecule has 0 aliphatic carbocycles. The van der Waals surface area contributed by atoms with Crippen molar-refractivity contribution in [1.82, 2.24) is 0 Å². The van der Waals surface area contributed by atoms with Crippen molar-refractivity contribution in [2.24, 2.45) is 0 Å². The van der Waals surface area contributed by atoms with Crippen LogP contribution in [0.1, 0.15) is 40.5 Å². The fraction of sp³-hybridized carbons (Fsp3) is 0.909. The molecular formula is C11H21FO2S. The fourth-order valence-electron chi connectivity index (χ4n) is 0.993. The minimum Gasteiger partial charge on any atom is -0.459 e. The maximum absolute atomic E-state index is 12.4. The number of halogens is 1. The van der Waals surface area contributed by atoms with Crippen LogP contribution in [0.2, 0.25) is 0 Å². The Hall–Kier alpha value is -0.250. The lowest BCUT2D eigenvalue weighted by atomic mass is 10.2. The fourth-order valence-corrected chi connectivity index (χ4v) is 1.73. The Balaban J connectivity index is 3.40. The molecule has 0 N–H and O–H groups in total. The van der Waals surface area contributed by atoms with E-state index in [1.165, 1.54) is 11.8 Å². The summed E-state index contributed by atoms with van der Waals surface area (Å²) in [7, 11) is 0. The van der Waals surface area contributed by atoms with Gasteiger partial charge in [-0.25, -0.2) is 4.39 Å². The van der Waals surface area contributed by atoms with Gasteiger partial charge in [0.05, 0.1) is 11.9 Å². The Bertz CT molecular complexity index is 188. The summed E-state index contributed by atoms with van der Waals surface area (Å²) in [6, 6.07) is 0. The van der Waals surface area contributed by atoms with Crippen molar-refractivity contribution in [3.8, 4) is 0 Å². The van der Waals surface area contributed by atoms with Gasteiger partial charge < -0.3 is 4.74 Å². The number of thioether (sulfide) groups is 1. The lowest BCUT2D eigenvalue weighted by Crippen LogP contribution is -2.25. The number of rotatable bonds is 6. The van der Waals surface area contributed by atoms with E-state index >= 15 is 0 Å². The second-order valence-electron chi connectivity index (χ2n) is 4.56. The number of carbonyl (C=O) groups excluding carboxylic acids is 1. The molecular weight excluding hydrogens is 215 g/mol. The summed E-state index contributed by atoms with van der Waals surface area (Å²) in [5, 5.41) is 0. The van der Waals surface area contributed by atoms with Crippen LogP contribution in [0.15, 0.2) is 0 Å². The van der Waals surface area contributed by atoms with Gasteiger partial charge in [-0.1, -0.05) is 0 Å². The van der Waals surface area contributed by atoms with Crippen LogP contribution < -0.4 is 0 Å². The molecule has 0 saturated heterocycles. The van der Waals surface area contributed by atoms with Gasteiger partial charge in [0.25, 0.3) is 0 Å². The number of ether oxygens (including phenoxy) is 1. The summed E-state index contributed by atoms with van der Waals surface area (Å²) >= 11 is 1.50. The van der Waals surface area contributed by atoms with Crippen molar-refractivity contribution >= 4 is 17.7 Å². The molecule has 0 saturated carbocycles. The highest BCUT2D eigenvalue weighted by Gasteiger charge is 2.15. The third-order valence-corrected chi connectivity index (χ3v) is 2.55. The predicted octanol–water partition coefficient (Wildman–Crippen LogP) is 3.20. The van der Waals surface area contributed by atoms with E-state index in [1.54, 1.807) is 6.92 Å². The highest BCUT2D eigenvalue weighted by atomic mass is 32.2. The van der Waals surface area contributed by atoms with Gasteiger partial charge in [0.2, 0.25) is 0 Å². The molecule has 1 atom stereocenters. The largest absolute Gasteiger partial charge is 0.459 e. The first-order valence-electron chi connectivity index (χ1n) is 5.25. The molecule has 15 heavy (non-hydrogen) atoms. The molecule has 0 aromatic carbocycles. The molecule has 0 aliphatic heterocycles. The molecule has 0 fully saturated rings. The molecule has 0 aliphatic rings. The van der Waals surface area contributed by atoms with Crippen LogP contribution in [0.4, 0.5) is 4.39 Å².